The van der Waals surface area contributed by atoms with Gasteiger partial charge in [-0.2, -0.15) is 0 Å². The molecule has 0 aliphatic heterocycles. The third kappa shape index (κ3) is 3.18. The van der Waals surface area contributed by atoms with Crippen LogP contribution in [0.2, 0.25) is 0 Å². The summed E-state index contributed by atoms with van der Waals surface area (Å²) >= 11 is 0. The average molecular weight is 276 g/mol. The molecule has 3 aromatic carbocycles. The number of hydrogen-bond donors (Lipinski definition) is 1. The van der Waals surface area contributed by atoms with Crippen LogP contribution in [0.4, 0.5) is 0 Å². The number of para-hydroxylation sites is 1. The zero-order valence-corrected chi connectivity index (χ0v) is 11.6. The highest BCUT2D eigenvalue weighted by molar-refractivity contribution is 6.02. The first-order valence-corrected chi connectivity index (χ1v) is 6.58. The Morgan fingerprint density at radius 2 is 0.810 bits per heavy atom. The van der Waals surface area contributed by atoms with Gasteiger partial charge in [-0.3, -0.25) is 0 Å². The van der Waals surface area contributed by atoms with Crippen molar-refractivity contribution in [3.8, 4) is 28.0 Å². The van der Waals surface area contributed by atoms with Gasteiger partial charge >= 0.3 is 0 Å². The van der Waals surface area contributed by atoms with Crippen LogP contribution in [0.5, 0.6) is 5.75 Å². The van der Waals surface area contributed by atoms with Crippen LogP contribution in [0.15, 0.2) is 78.9 Å². The molecule has 2 nitrogen and oxygen atoms in total. The Balaban J connectivity index is 0.000000155. The molecule has 0 atom stereocenters. The molecule has 21 heavy (non-hydrogen) atoms. The minimum atomic E-state index is 0.322. The Morgan fingerprint density at radius 3 is 1.05 bits per heavy atom. The molecule has 1 aliphatic carbocycles. The van der Waals surface area contributed by atoms with Gasteiger partial charge < -0.3 is 9.90 Å². The number of carbonyl (C=O) groups excluding carboxylic acids is 1. The van der Waals surface area contributed by atoms with Gasteiger partial charge in [0.2, 0.25) is 0 Å². The maximum absolute atomic E-state index is 8.63. The van der Waals surface area contributed by atoms with Gasteiger partial charge in [-0.05, 0) is 34.4 Å². The van der Waals surface area contributed by atoms with Crippen LogP contribution in [0.25, 0.3) is 22.3 Å². The Bertz CT molecular complexity index is 605. The molecule has 0 fully saturated rings. The van der Waals surface area contributed by atoms with Crippen molar-refractivity contribution in [3.63, 3.8) is 0 Å². The number of benzene rings is 3. The van der Waals surface area contributed by atoms with E-state index in [-0.39, 0.29) is 0 Å². The molecule has 0 radical (unpaired) electrons. The maximum Gasteiger partial charge on any atom is 0.115 e. The zero-order valence-electron chi connectivity index (χ0n) is 11.6. The Morgan fingerprint density at radius 1 is 0.524 bits per heavy atom. The second kappa shape index (κ2) is 7.06. The number of fused-ring (bicyclic) bond motifs is 4. The molecular formula is C19H16O2. The third-order valence-electron chi connectivity index (χ3n) is 3.19. The normalized spacial score (nSPS) is 9.52. The molecule has 0 saturated carbocycles. The molecule has 0 aromatic heterocycles. The minimum absolute atomic E-state index is 0.322. The van der Waals surface area contributed by atoms with E-state index in [4.69, 9.17) is 9.90 Å². The van der Waals surface area contributed by atoms with E-state index in [9.17, 15) is 0 Å². The van der Waals surface area contributed by atoms with Gasteiger partial charge in [0.15, 0.2) is 0 Å². The number of phenolic OH excluding ortho intramolecular Hbond substituents is 1. The van der Waals surface area contributed by atoms with Crippen LogP contribution in [0, 0.1) is 0 Å². The largest absolute Gasteiger partial charge is 0.508 e. The standard InChI is InChI=1S/C12H8.C6H6O.CH2O/c1-2-6-10-9(5-1)11-7-3-4-8-12(10)11;7-6-4-2-1-3-5-6;1-2/h1-8H;1-5,7H;1H2. The summed E-state index contributed by atoms with van der Waals surface area (Å²) in [6.45, 7) is 2.00. The van der Waals surface area contributed by atoms with Gasteiger partial charge in [-0.25, -0.2) is 0 Å². The molecule has 0 saturated heterocycles. The molecular weight excluding hydrogens is 260 g/mol. The summed E-state index contributed by atoms with van der Waals surface area (Å²) in [7, 11) is 0. The Kier molecular flexibility index (Phi) is 4.89. The number of aromatic hydroxyl groups is 1. The summed E-state index contributed by atoms with van der Waals surface area (Å²) in [5, 5.41) is 8.63. The van der Waals surface area contributed by atoms with E-state index in [0.717, 1.165) is 0 Å². The van der Waals surface area contributed by atoms with E-state index in [0.29, 0.717) is 5.75 Å². The van der Waals surface area contributed by atoms with Gasteiger partial charge in [-0.1, -0.05) is 66.7 Å². The molecule has 0 bridgehead atoms. The Hall–Kier alpha value is -2.87. The predicted octanol–water partition coefficient (Wildman–Crippen LogP) is 4.54. The fourth-order valence-corrected chi connectivity index (χ4v) is 2.27. The van der Waals surface area contributed by atoms with E-state index >= 15 is 0 Å². The van der Waals surface area contributed by atoms with E-state index in [2.05, 4.69) is 48.5 Å². The SMILES string of the molecule is C=O.Oc1ccccc1.c1ccc2c(c1)-c1ccccc1-2. The smallest absolute Gasteiger partial charge is 0.115 e. The van der Waals surface area contributed by atoms with Crippen molar-refractivity contribution >= 4 is 6.79 Å². The summed E-state index contributed by atoms with van der Waals surface area (Å²) in [5.74, 6) is 0.322. The van der Waals surface area contributed by atoms with Crippen LogP contribution in [-0.2, 0) is 4.79 Å². The Labute approximate surface area is 124 Å². The number of carbonyl (C=O) groups is 1. The molecule has 4 rings (SSSR count). The molecule has 0 spiro atoms. The van der Waals surface area contributed by atoms with Crippen LogP contribution in [-0.4, -0.2) is 11.9 Å². The summed E-state index contributed by atoms with van der Waals surface area (Å²) in [6, 6.07) is 25.8. The lowest BCUT2D eigenvalue weighted by atomic mass is 9.81. The van der Waals surface area contributed by atoms with Gasteiger partial charge in [0.05, 0.1) is 0 Å². The second-order valence-electron chi connectivity index (χ2n) is 4.43. The summed E-state index contributed by atoms with van der Waals surface area (Å²) in [5.41, 5.74) is 5.59. The lowest BCUT2D eigenvalue weighted by Gasteiger charge is -2.22. The topological polar surface area (TPSA) is 37.3 Å². The van der Waals surface area contributed by atoms with E-state index in [1.165, 1.54) is 22.3 Å². The molecule has 2 heteroatoms. The van der Waals surface area contributed by atoms with Crippen LogP contribution < -0.4 is 0 Å². The van der Waals surface area contributed by atoms with E-state index in [1.54, 1.807) is 24.3 Å². The van der Waals surface area contributed by atoms with E-state index in [1.807, 2.05) is 12.9 Å². The van der Waals surface area contributed by atoms with Crippen molar-refractivity contribution in [2.45, 2.75) is 0 Å². The number of rotatable bonds is 0. The van der Waals surface area contributed by atoms with Crippen LogP contribution >= 0.6 is 0 Å². The summed E-state index contributed by atoms with van der Waals surface area (Å²) < 4.78 is 0. The van der Waals surface area contributed by atoms with Crippen molar-refractivity contribution in [1.29, 1.82) is 0 Å². The zero-order chi connectivity index (χ0) is 15.1. The van der Waals surface area contributed by atoms with Crippen molar-refractivity contribution in [2.75, 3.05) is 0 Å². The van der Waals surface area contributed by atoms with Gasteiger partial charge in [-0.15, -0.1) is 0 Å². The fourth-order valence-electron chi connectivity index (χ4n) is 2.27. The van der Waals surface area contributed by atoms with Crippen LogP contribution in [0.3, 0.4) is 0 Å². The van der Waals surface area contributed by atoms with Crippen molar-refractivity contribution in [3.05, 3.63) is 78.9 Å². The van der Waals surface area contributed by atoms with Crippen molar-refractivity contribution in [2.24, 2.45) is 0 Å². The fraction of sp³-hybridized carbons (Fsp3) is 0. The molecule has 1 N–H and O–H groups in total. The molecule has 104 valence electrons. The first-order valence-electron chi connectivity index (χ1n) is 6.58. The second-order valence-corrected chi connectivity index (χ2v) is 4.43. The summed E-state index contributed by atoms with van der Waals surface area (Å²) in [4.78, 5) is 8.00. The monoisotopic (exact) mass is 276 g/mol. The molecule has 0 amide bonds. The molecule has 0 heterocycles. The van der Waals surface area contributed by atoms with Gasteiger partial charge in [0.25, 0.3) is 0 Å². The average Bonchev–Trinajstić information content (AvgIpc) is 2.56. The quantitative estimate of drug-likeness (QED) is 0.512. The predicted molar refractivity (Wildman–Crippen MR) is 86.1 cm³/mol. The highest BCUT2D eigenvalue weighted by Gasteiger charge is 2.19. The lowest BCUT2D eigenvalue weighted by molar-refractivity contribution is -0.0979. The van der Waals surface area contributed by atoms with Crippen molar-refractivity contribution in [1.82, 2.24) is 0 Å². The van der Waals surface area contributed by atoms with Crippen LogP contribution in [0.1, 0.15) is 0 Å². The first kappa shape index (κ1) is 14.5. The third-order valence-corrected chi connectivity index (χ3v) is 3.19. The number of hydrogen-bond acceptors (Lipinski definition) is 2. The van der Waals surface area contributed by atoms with E-state index < -0.39 is 0 Å². The molecule has 3 aromatic rings. The van der Waals surface area contributed by atoms with Gasteiger partial charge in [0, 0.05) is 0 Å². The maximum atomic E-state index is 8.63. The molecule has 1 aliphatic rings. The highest BCUT2D eigenvalue weighted by Crippen LogP contribution is 2.46. The summed E-state index contributed by atoms with van der Waals surface area (Å²) in [6.07, 6.45) is 0. The molecule has 0 unspecified atom stereocenters. The lowest BCUT2D eigenvalue weighted by Crippen LogP contribution is -1.96. The van der Waals surface area contributed by atoms with Gasteiger partial charge in [0.1, 0.15) is 12.5 Å². The minimum Gasteiger partial charge on any atom is -0.508 e. The highest BCUT2D eigenvalue weighted by atomic mass is 16.3. The van der Waals surface area contributed by atoms with Crippen molar-refractivity contribution < 1.29 is 9.90 Å². The number of phenols is 1. The first-order chi connectivity index (χ1) is 10.4.